The van der Waals surface area contributed by atoms with Crippen LogP contribution in [-0.4, -0.2) is 11.1 Å². The Kier molecular flexibility index (Phi) is 4.59. The van der Waals surface area contributed by atoms with E-state index in [2.05, 4.69) is 26.1 Å². The number of halogens is 1. The van der Waals surface area contributed by atoms with Crippen molar-refractivity contribution in [1.29, 1.82) is 0 Å². The van der Waals surface area contributed by atoms with Gasteiger partial charge in [-0.25, -0.2) is 4.79 Å². The number of benzene rings is 1. The van der Waals surface area contributed by atoms with Crippen molar-refractivity contribution >= 4 is 34.6 Å². The third kappa shape index (κ3) is 3.77. The summed E-state index contributed by atoms with van der Waals surface area (Å²) >= 11 is 7.60. The first kappa shape index (κ1) is 15.9. The summed E-state index contributed by atoms with van der Waals surface area (Å²) in [6.07, 6.45) is 0. The van der Waals surface area contributed by atoms with Crippen molar-refractivity contribution in [2.24, 2.45) is 0 Å². The monoisotopic (exact) mass is 323 g/mol. The number of nitrogens with one attached hydrogen (secondary N) is 1. The minimum absolute atomic E-state index is 0.0103. The van der Waals surface area contributed by atoms with Crippen LogP contribution < -0.4 is 5.32 Å². The van der Waals surface area contributed by atoms with Crippen LogP contribution in [0.5, 0.6) is 0 Å². The Morgan fingerprint density at radius 2 is 1.90 bits per heavy atom. The van der Waals surface area contributed by atoms with Gasteiger partial charge in [0.1, 0.15) is 0 Å². The normalized spacial score (nSPS) is 13.0. The zero-order chi connectivity index (χ0) is 15.6. The number of hydrogen-bond donors (Lipinski definition) is 2. The van der Waals surface area contributed by atoms with Gasteiger partial charge in [-0.2, -0.15) is 0 Å². The Labute approximate surface area is 133 Å². The topological polar surface area (TPSA) is 49.3 Å². The molecule has 3 nitrogen and oxygen atoms in total. The highest BCUT2D eigenvalue weighted by atomic mass is 35.5. The van der Waals surface area contributed by atoms with E-state index >= 15 is 0 Å². The van der Waals surface area contributed by atoms with Gasteiger partial charge in [0.15, 0.2) is 6.04 Å². The molecule has 0 saturated heterocycles. The van der Waals surface area contributed by atoms with Gasteiger partial charge in [0, 0.05) is 9.75 Å². The van der Waals surface area contributed by atoms with E-state index in [1.807, 2.05) is 24.3 Å². The zero-order valence-electron chi connectivity index (χ0n) is 12.2. The van der Waals surface area contributed by atoms with E-state index < -0.39 is 12.0 Å². The zero-order valence-corrected chi connectivity index (χ0v) is 13.8. The fraction of sp³-hybridized carbons (Fsp3) is 0.312. The second-order valence-corrected chi connectivity index (χ2v) is 7.37. The molecule has 1 unspecified atom stereocenters. The lowest BCUT2D eigenvalue weighted by Crippen LogP contribution is -2.19. The predicted octanol–water partition coefficient (Wildman–Crippen LogP) is 4.94. The number of carboxylic acids is 1. The molecule has 2 rings (SSSR count). The lowest BCUT2D eigenvalue weighted by Gasteiger charge is -2.17. The molecule has 0 aliphatic rings. The second-order valence-electron chi connectivity index (χ2n) is 5.85. The Morgan fingerprint density at radius 1 is 1.24 bits per heavy atom. The first-order valence-corrected chi connectivity index (χ1v) is 7.82. The molecular formula is C16H18ClNO2S. The molecule has 1 heterocycles. The molecule has 0 spiro atoms. The van der Waals surface area contributed by atoms with Gasteiger partial charge in [-0.05, 0) is 29.7 Å². The van der Waals surface area contributed by atoms with Gasteiger partial charge in [0.2, 0.25) is 0 Å². The van der Waals surface area contributed by atoms with E-state index in [0.717, 1.165) is 9.75 Å². The van der Waals surface area contributed by atoms with E-state index in [9.17, 15) is 9.90 Å². The van der Waals surface area contributed by atoms with Gasteiger partial charge in [-0.1, -0.05) is 44.5 Å². The number of thiophene rings is 1. The molecule has 0 radical (unpaired) electrons. The SMILES string of the molecule is CC(C)(C)c1ccc(C(Nc2ccccc2Cl)C(=O)O)s1. The fourth-order valence-corrected chi connectivity index (χ4v) is 3.20. The molecule has 21 heavy (non-hydrogen) atoms. The Morgan fingerprint density at radius 3 is 2.43 bits per heavy atom. The third-order valence-electron chi connectivity index (χ3n) is 3.07. The number of hydrogen-bond acceptors (Lipinski definition) is 3. The molecule has 5 heteroatoms. The minimum atomic E-state index is -0.919. The number of para-hydroxylation sites is 1. The van der Waals surface area contributed by atoms with Crippen molar-refractivity contribution in [3.8, 4) is 0 Å². The summed E-state index contributed by atoms with van der Waals surface area (Å²) in [5.74, 6) is -0.919. The lowest BCUT2D eigenvalue weighted by atomic mass is 9.95. The van der Waals surface area contributed by atoms with Crippen LogP contribution in [0.15, 0.2) is 36.4 Å². The highest BCUT2D eigenvalue weighted by molar-refractivity contribution is 7.12. The van der Waals surface area contributed by atoms with Gasteiger partial charge in [0.05, 0.1) is 10.7 Å². The Hall–Kier alpha value is -1.52. The van der Waals surface area contributed by atoms with Crippen molar-refractivity contribution in [3.63, 3.8) is 0 Å². The smallest absolute Gasteiger partial charge is 0.331 e. The number of carbonyl (C=O) groups is 1. The van der Waals surface area contributed by atoms with Crippen LogP contribution in [-0.2, 0) is 10.2 Å². The predicted molar refractivity (Wildman–Crippen MR) is 88.5 cm³/mol. The van der Waals surface area contributed by atoms with Crippen LogP contribution in [0.3, 0.4) is 0 Å². The molecule has 0 fully saturated rings. The molecule has 0 bridgehead atoms. The molecule has 2 aromatic rings. The van der Waals surface area contributed by atoms with Gasteiger partial charge in [0.25, 0.3) is 0 Å². The average molecular weight is 324 g/mol. The summed E-state index contributed by atoms with van der Waals surface area (Å²) < 4.78 is 0. The van der Waals surface area contributed by atoms with E-state index in [1.54, 1.807) is 12.1 Å². The fourth-order valence-electron chi connectivity index (χ4n) is 1.90. The summed E-state index contributed by atoms with van der Waals surface area (Å²) in [5.41, 5.74) is 0.633. The molecule has 112 valence electrons. The molecule has 0 amide bonds. The molecule has 1 aromatic carbocycles. The number of anilines is 1. The van der Waals surface area contributed by atoms with Crippen LogP contribution in [0, 0.1) is 0 Å². The molecular weight excluding hydrogens is 306 g/mol. The summed E-state index contributed by atoms with van der Waals surface area (Å²) in [7, 11) is 0. The quantitative estimate of drug-likeness (QED) is 0.838. The second kappa shape index (κ2) is 6.08. The maximum Gasteiger partial charge on any atom is 0.331 e. The summed E-state index contributed by atoms with van der Waals surface area (Å²) in [6, 6.07) is 10.2. The van der Waals surface area contributed by atoms with Gasteiger partial charge in [-0.3, -0.25) is 0 Å². The van der Waals surface area contributed by atoms with Crippen molar-refractivity contribution in [2.75, 3.05) is 5.32 Å². The minimum Gasteiger partial charge on any atom is -0.479 e. The van der Waals surface area contributed by atoms with Crippen molar-refractivity contribution in [1.82, 2.24) is 0 Å². The third-order valence-corrected chi connectivity index (χ3v) is 4.98. The summed E-state index contributed by atoms with van der Waals surface area (Å²) in [6.45, 7) is 6.33. The van der Waals surface area contributed by atoms with E-state index in [1.165, 1.54) is 11.3 Å². The molecule has 0 saturated carbocycles. The Balaban J connectivity index is 2.30. The van der Waals surface area contributed by atoms with Crippen molar-refractivity contribution in [3.05, 3.63) is 51.2 Å². The Bertz CT molecular complexity index is 646. The highest BCUT2D eigenvalue weighted by Gasteiger charge is 2.25. The largest absolute Gasteiger partial charge is 0.479 e. The van der Waals surface area contributed by atoms with Crippen molar-refractivity contribution in [2.45, 2.75) is 32.2 Å². The van der Waals surface area contributed by atoms with E-state index in [4.69, 9.17) is 11.6 Å². The maximum atomic E-state index is 11.6. The van der Waals surface area contributed by atoms with Gasteiger partial charge >= 0.3 is 5.97 Å². The first-order valence-electron chi connectivity index (χ1n) is 6.63. The van der Waals surface area contributed by atoms with Crippen LogP contribution in [0.1, 0.15) is 36.6 Å². The van der Waals surface area contributed by atoms with Gasteiger partial charge in [-0.15, -0.1) is 11.3 Å². The number of carboxylic acid groups (broad SMARTS) is 1. The summed E-state index contributed by atoms with van der Waals surface area (Å²) in [4.78, 5) is 13.5. The van der Waals surface area contributed by atoms with Crippen LogP contribution in [0.4, 0.5) is 5.69 Å². The highest BCUT2D eigenvalue weighted by Crippen LogP contribution is 2.34. The number of aliphatic carboxylic acids is 1. The van der Waals surface area contributed by atoms with E-state index in [-0.39, 0.29) is 5.41 Å². The van der Waals surface area contributed by atoms with Crippen molar-refractivity contribution < 1.29 is 9.90 Å². The molecule has 2 N–H and O–H groups in total. The maximum absolute atomic E-state index is 11.6. The first-order chi connectivity index (χ1) is 9.79. The molecule has 0 aliphatic heterocycles. The lowest BCUT2D eigenvalue weighted by molar-refractivity contribution is -0.138. The van der Waals surface area contributed by atoms with Crippen LogP contribution in [0.25, 0.3) is 0 Å². The van der Waals surface area contributed by atoms with E-state index in [0.29, 0.717) is 10.7 Å². The van der Waals surface area contributed by atoms with Crippen LogP contribution >= 0.6 is 22.9 Å². The van der Waals surface area contributed by atoms with Crippen LogP contribution in [0.2, 0.25) is 5.02 Å². The molecule has 0 aliphatic carbocycles. The standard InChI is InChI=1S/C16H18ClNO2S/c1-16(2,3)13-9-8-12(21-13)14(15(19)20)18-11-7-5-4-6-10(11)17/h4-9,14,18H,1-3H3,(H,19,20). The number of rotatable bonds is 4. The molecule has 1 atom stereocenters. The van der Waals surface area contributed by atoms with Gasteiger partial charge < -0.3 is 10.4 Å². The molecule has 1 aromatic heterocycles. The summed E-state index contributed by atoms with van der Waals surface area (Å²) in [5, 5.41) is 13.0. The average Bonchev–Trinajstić information content (AvgIpc) is 2.86.